The molecule has 3 heteroatoms. The summed E-state index contributed by atoms with van der Waals surface area (Å²) in [5, 5.41) is 0. The fourth-order valence-electron chi connectivity index (χ4n) is 0.321. The van der Waals surface area contributed by atoms with Crippen LogP contribution in [0.3, 0.4) is 0 Å². The van der Waals surface area contributed by atoms with Crippen LogP contribution in [0.4, 0.5) is 0 Å². The second kappa shape index (κ2) is 11.2. The zero-order chi connectivity index (χ0) is 3.54. The third kappa shape index (κ3) is 7.32. The third-order valence-electron chi connectivity index (χ3n) is 0.556. The van der Waals surface area contributed by atoms with E-state index in [9.17, 15) is 0 Å². The summed E-state index contributed by atoms with van der Waals surface area (Å²) in [6, 6.07) is 0. The standard InChI is InChI=1S/C5H5.2ClH.Nb/c1-2-4-5-3-1;;;/h1-5H;2*1H;/q;;;+2/p-2. The van der Waals surface area contributed by atoms with E-state index >= 15 is 0 Å². The Morgan fingerprint density at radius 2 is 0.625 bits per heavy atom. The van der Waals surface area contributed by atoms with Crippen LogP contribution in [0.25, 0.3) is 0 Å². The summed E-state index contributed by atoms with van der Waals surface area (Å²) in [7, 11) is 0. The fourth-order valence-corrected chi connectivity index (χ4v) is 0.321. The Morgan fingerprint density at radius 1 is 0.500 bits per heavy atom. The van der Waals surface area contributed by atoms with Crippen LogP contribution in [0.2, 0.25) is 0 Å². The third-order valence-corrected chi connectivity index (χ3v) is 0.556. The first-order valence-corrected chi connectivity index (χ1v) is 1.67. The first-order valence-electron chi connectivity index (χ1n) is 1.67. The van der Waals surface area contributed by atoms with E-state index in [1.165, 1.54) is 0 Å². The van der Waals surface area contributed by atoms with Crippen molar-refractivity contribution in [1.82, 2.24) is 0 Å². The van der Waals surface area contributed by atoms with E-state index in [2.05, 4.69) is 0 Å². The van der Waals surface area contributed by atoms with Crippen molar-refractivity contribution in [3.8, 4) is 0 Å². The summed E-state index contributed by atoms with van der Waals surface area (Å²) < 4.78 is 0. The summed E-state index contributed by atoms with van der Waals surface area (Å²) in [4.78, 5) is 0. The molecule has 0 unspecified atom stereocenters. The van der Waals surface area contributed by atoms with Crippen molar-refractivity contribution in [3.05, 3.63) is 32.1 Å². The second-order valence-electron chi connectivity index (χ2n) is 0.962. The molecule has 0 N–H and O–H groups in total. The van der Waals surface area contributed by atoms with Gasteiger partial charge in [-0.1, -0.05) is 0 Å². The van der Waals surface area contributed by atoms with Crippen molar-refractivity contribution in [1.29, 1.82) is 0 Å². The number of rotatable bonds is 0. The van der Waals surface area contributed by atoms with E-state index in [-0.39, 0.29) is 47.2 Å². The predicted octanol–water partition coefficient (Wildman–Crippen LogP) is -4.97. The smallest absolute Gasteiger partial charge is 1.00 e. The van der Waals surface area contributed by atoms with Crippen LogP contribution in [0, 0.1) is 32.1 Å². The predicted molar refractivity (Wildman–Crippen MR) is 21.5 cm³/mol. The Bertz CT molecular complexity index is 22.0. The summed E-state index contributed by atoms with van der Waals surface area (Å²) >= 11 is 0. The van der Waals surface area contributed by atoms with Gasteiger partial charge in [0.05, 0.1) is 0 Å². The topological polar surface area (TPSA) is 0 Å². The van der Waals surface area contributed by atoms with E-state index in [1.807, 2.05) is 32.1 Å². The van der Waals surface area contributed by atoms with Gasteiger partial charge in [-0.15, -0.1) is 0 Å². The maximum Gasteiger partial charge on any atom is 2.00 e. The number of hydrogen-bond acceptors (Lipinski definition) is 0. The van der Waals surface area contributed by atoms with Gasteiger partial charge in [0.25, 0.3) is 0 Å². The van der Waals surface area contributed by atoms with E-state index < -0.39 is 0 Å². The van der Waals surface area contributed by atoms with E-state index in [0.717, 1.165) is 0 Å². The van der Waals surface area contributed by atoms with E-state index in [4.69, 9.17) is 0 Å². The molecule has 0 bridgehead atoms. The Labute approximate surface area is 79.1 Å². The van der Waals surface area contributed by atoms with Crippen molar-refractivity contribution >= 4 is 0 Å². The van der Waals surface area contributed by atoms with Crippen molar-refractivity contribution in [2.75, 3.05) is 0 Å². The molecule has 0 aliphatic heterocycles. The molecule has 0 aromatic rings. The van der Waals surface area contributed by atoms with Crippen molar-refractivity contribution in [3.63, 3.8) is 0 Å². The van der Waals surface area contributed by atoms with Gasteiger partial charge in [0.1, 0.15) is 0 Å². The quantitative estimate of drug-likeness (QED) is 0.365. The molecule has 1 aliphatic rings. The van der Waals surface area contributed by atoms with Crippen LogP contribution in [-0.2, 0) is 22.4 Å². The van der Waals surface area contributed by atoms with Gasteiger partial charge < -0.3 is 24.8 Å². The molecule has 1 saturated carbocycles. The summed E-state index contributed by atoms with van der Waals surface area (Å²) in [6.45, 7) is 0. The molecule has 44 valence electrons. The summed E-state index contributed by atoms with van der Waals surface area (Å²) in [5.74, 6) is 0. The van der Waals surface area contributed by atoms with Gasteiger partial charge in [-0.05, 0) is 32.1 Å². The molecule has 1 rings (SSSR count). The molecule has 0 saturated heterocycles. The maximum atomic E-state index is 2.00. The minimum atomic E-state index is 0. The van der Waals surface area contributed by atoms with Crippen LogP contribution in [0.1, 0.15) is 0 Å². The van der Waals surface area contributed by atoms with Gasteiger partial charge in [-0.2, -0.15) is 0 Å². The van der Waals surface area contributed by atoms with Crippen LogP contribution in [0.15, 0.2) is 0 Å². The van der Waals surface area contributed by atoms with Gasteiger partial charge in [-0.3, -0.25) is 0 Å². The maximum absolute atomic E-state index is 2.00. The molecular formula is C5H5Cl2Nb. The Kier molecular flexibility index (Phi) is 22.5. The average Bonchev–Trinajstić information content (AvgIpc) is 1.76. The van der Waals surface area contributed by atoms with Gasteiger partial charge in [0.2, 0.25) is 0 Å². The van der Waals surface area contributed by atoms with Crippen molar-refractivity contribution < 1.29 is 47.2 Å². The molecule has 1 aliphatic carbocycles. The molecule has 0 spiro atoms. The van der Waals surface area contributed by atoms with Crippen LogP contribution >= 0.6 is 0 Å². The monoisotopic (exact) mass is 228 g/mol. The van der Waals surface area contributed by atoms with Crippen LogP contribution in [0.5, 0.6) is 0 Å². The van der Waals surface area contributed by atoms with Gasteiger partial charge in [0.15, 0.2) is 0 Å². The summed E-state index contributed by atoms with van der Waals surface area (Å²) in [6.07, 6.45) is 10.0. The van der Waals surface area contributed by atoms with E-state index in [1.54, 1.807) is 0 Å². The molecule has 0 aromatic heterocycles. The molecule has 0 aromatic carbocycles. The average molecular weight is 229 g/mol. The molecule has 8 heavy (non-hydrogen) atoms. The molecular weight excluding hydrogens is 224 g/mol. The number of halogens is 2. The van der Waals surface area contributed by atoms with Crippen molar-refractivity contribution in [2.24, 2.45) is 0 Å². The Balaban J connectivity index is -0.0000000833. The van der Waals surface area contributed by atoms with Gasteiger partial charge in [0, 0.05) is 0 Å². The first kappa shape index (κ1) is 16.2. The van der Waals surface area contributed by atoms with Crippen LogP contribution in [-0.4, -0.2) is 0 Å². The van der Waals surface area contributed by atoms with Crippen molar-refractivity contribution in [2.45, 2.75) is 0 Å². The van der Waals surface area contributed by atoms with Gasteiger partial charge in [-0.25, -0.2) is 0 Å². The summed E-state index contributed by atoms with van der Waals surface area (Å²) in [5.41, 5.74) is 0. The molecule has 1 fully saturated rings. The molecule has 0 amide bonds. The minimum Gasteiger partial charge on any atom is -1.00 e. The number of hydrogen-bond donors (Lipinski definition) is 0. The minimum absolute atomic E-state index is 0. The second-order valence-corrected chi connectivity index (χ2v) is 0.962. The molecule has 0 atom stereocenters. The first-order chi connectivity index (χ1) is 2.50. The zero-order valence-electron chi connectivity index (χ0n) is 4.09. The molecule has 0 nitrogen and oxygen atoms in total. The largest absolute Gasteiger partial charge is 2.00 e. The normalized spacial score (nSPS) is 15.0. The zero-order valence-corrected chi connectivity index (χ0v) is 7.80. The fraction of sp³-hybridized carbons (Fsp3) is 0. The van der Waals surface area contributed by atoms with E-state index in [0.29, 0.717) is 0 Å². The Hall–Kier alpha value is 1.32. The molecule has 0 heterocycles. The molecule has 6 radical (unpaired) electrons. The van der Waals surface area contributed by atoms with Gasteiger partial charge >= 0.3 is 22.4 Å². The Morgan fingerprint density at radius 3 is 0.750 bits per heavy atom. The van der Waals surface area contributed by atoms with Crippen LogP contribution < -0.4 is 24.8 Å². The SMILES string of the molecule is [CH]1[CH][CH][CH][CH]1.[Cl-].[Cl-].[Nb+2].